The van der Waals surface area contributed by atoms with Crippen LogP contribution in [0.1, 0.15) is 42.7 Å². The largest absolute Gasteiger partial charge is 0.416 e. The molecular formula is C15H16BrF3N2O. The van der Waals surface area contributed by atoms with Crippen LogP contribution in [0.3, 0.4) is 0 Å². The number of hydrogen-bond acceptors (Lipinski definition) is 3. The van der Waals surface area contributed by atoms with Gasteiger partial charge >= 0.3 is 6.18 Å². The predicted octanol–water partition coefficient (Wildman–Crippen LogP) is 4.50. The average molecular weight is 377 g/mol. The molecule has 1 heterocycles. The van der Waals surface area contributed by atoms with E-state index in [0.29, 0.717) is 35.9 Å². The first kappa shape index (κ1) is 17.1. The molecular weight excluding hydrogens is 361 g/mol. The summed E-state index contributed by atoms with van der Waals surface area (Å²) in [6, 6.07) is 5.35. The normalized spacial score (nSPS) is 16.4. The highest BCUT2D eigenvalue weighted by atomic mass is 79.9. The summed E-state index contributed by atoms with van der Waals surface area (Å²) in [6.07, 6.45) is -1.88. The highest BCUT2D eigenvalue weighted by Crippen LogP contribution is 2.34. The molecule has 0 amide bonds. The van der Waals surface area contributed by atoms with E-state index in [2.05, 4.69) is 26.1 Å². The van der Waals surface area contributed by atoms with Gasteiger partial charge in [0.2, 0.25) is 0 Å². The van der Waals surface area contributed by atoms with Gasteiger partial charge in [0.15, 0.2) is 0 Å². The lowest BCUT2D eigenvalue weighted by molar-refractivity contribution is -0.137. The highest BCUT2D eigenvalue weighted by Gasteiger charge is 2.31. The zero-order chi connectivity index (χ0) is 16.2. The summed E-state index contributed by atoms with van der Waals surface area (Å²) in [4.78, 5) is 0. The van der Waals surface area contributed by atoms with Crippen molar-refractivity contribution < 1.29 is 18.3 Å². The van der Waals surface area contributed by atoms with Crippen molar-refractivity contribution >= 4 is 26.3 Å². The summed E-state index contributed by atoms with van der Waals surface area (Å²) in [7, 11) is 0. The van der Waals surface area contributed by atoms with E-state index in [4.69, 9.17) is 5.11 Å². The molecule has 0 saturated heterocycles. The topological polar surface area (TPSA) is 45.0 Å². The molecule has 0 saturated carbocycles. The lowest BCUT2D eigenvalue weighted by Gasteiger charge is -2.18. The van der Waals surface area contributed by atoms with Gasteiger partial charge in [-0.2, -0.15) is 18.3 Å². The van der Waals surface area contributed by atoms with Crippen molar-refractivity contribution in [2.45, 2.75) is 37.8 Å². The first-order valence-electron chi connectivity index (χ1n) is 6.98. The van der Waals surface area contributed by atoms with Gasteiger partial charge in [0, 0.05) is 18.9 Å². The van der Waals surface area contributed by atoms with Crippen LogP contribution in [0.4, 0.5) is 13.2 Å². The Balaban J connectivity index is 2.25. The Morgan fingerprint density at radius 3 is 2.59 bits per heavy atom. The number of aliphatic hydroxyl groups is 1. The minimum Gasteiger partial charge on any atom is -0.396 e. The molecule has 0 aliphatic carbocycles. The lowest BCUT2D eigenvalue weighted by Crippen LogP contribution is -2.14. The monoisotopic (exact) mass is 376 g/mol. The van der Waals surface area contributed by atoms with Crippen molar-refractivity contribution in [3.63, 3.8) is 0 Å². The maximum absolute atomic E-state index is 12.9. The number of hydrogen-bond donors (Lipinski definition) is 1. The van der Waals surface area contributed by atoms with Crippen LogP contribution in [0.2, 0.25) is 0 Å². The Hall–Kier alpha value is -1.21. The van der Waals surface area contributed by atoms with Crippen LogP contribution in [0.15, 0.2) is 34.5 Å². The Morgan fingerprint density at radius 2 is 2.00 bits per heavy atom. The van der Waals surface area contributed by atoms with Gasteiger partial charge in [-0.3, -0.25) is 0 Å². The highest BCUT2D eigenvalue weighted by molar-refractivity contribution is 9.18. The van der Waals surface area contributed by atoms with Gasteiger partial charge in [-0.1, -0.05) is 24.6 Å². The van der Waals surface area contributed by atoms with Crippen LogP contribution in [0.25, 0.3) is 0 Å². The molecule has 2 rings (SSSR count). The number of unbranched alkanes of at least 4 members (excludes halogenated alkanes) is 1. The third-order valence-corrected chi connectivity index (χ3v) is 3.97. The zero-order valence-corrected chi connectivity index (χ0v) is 13.4. The van der Waals surface area contributed by atoms with Gasteiger partial charge in [-0.25, -0.2) is 0 Å². The van der Waals surface area contributed by atoms with E-state index in [9.17, 15) is 13.2 Å². The average Bonchev–Trinajstić information content (AvgIpc) is 2.89. The molecule has 1 atom stereocenters. The second-order valence-corrected chi connectivity index (χ2v) is 6.05. The Labute approximate surface area is 135 Å². The lowest BCUT2D eigenvalue weighted by atomic mass is 9.87. The third kappa shape index (κ3) is 4.39. The number of rotatable bonds is 6. The van der Waals surface area contributed by atoms with Crippen molar-refractivity contribution in [3.8, 4) is 0 Å². The van der Waals surface area contributed by atoms with E-state index in [-0.39, 0.29) is 12.5 Å². The van der Waals surface area contributed by atoms with Crippen LogP contribution < -0.4 is 0 Å². The zero-order valence-electron chi connectivity index (χ0n) is 11.8. The van der Waals surface area contributed by atoms with Gasteiger partial charge in [0.25, 0.3) is 0 Å². The molecule has 1 aromatic rings. The first-order valence-corrected chi connectivity index (χ1v) is 7.78. The van der Waals surface area contributed by atoms with E-state index in [1.165, 1.54) is 12.1 Å². The second kappa shape index (κ2) is 7.37. The maximum Gasteiger partial charge on any atom is 0.416 e. The smallest absolute Gasteiger partial charge is 0.396 e. The van der Waals surface area contributed by atoms with E-state index >= 15 is 0 Å². The number of halogens is 4. The Kier molecular flexibility index (Phi) is 5.74. The van der Waals surface area contributed by atoms with E-state index in [0.717, 1.165) is 11.8 Å². The molecule has 1 aliphatic heterocycles. The number of nitrogens with zero attached hydrogens (tertiary/aromatic N) is 2. The predicted molar refractivity (Wildman–Crippen MR) is 83.5 cm³/mol. The van der Waals surface area contributed by atoms with Crippen LogP contribution in [0.5, 0.6) is 0 Å². The standard InChI is InChI=1S/C15H16BrF3N2O/c16-14-9-13(20-21-14)12(6-1-2-7-22)10-4-3-5-11(8-10)15(17,18)19/h3-5,8,12,22H,1-2,6-7,9H2. The van der Waals surface area contributed by atoms with Gasteiger partial charge in [0.05, 0.1) is 11.3 Å². The molecule has 1 aliphatic rings. The van der Waals surface area contributed by atoms with Crippen molar-refractivity contribution in [2.75, 3.05) is 6.61 Å². The minimum atomic E-state index is -4.36. The number of benzene rings is 1. The fourth-order valence-corrected chi connectivity index (χ4v) is 2.82. The van der Waals surface area contributed by atoms with Crippen molar-refractivity contribution in [2.24, 2.45) is 10.2 Å². The molecule has 0 fully saturated rings. The SMILES string of the molecule is OCCCCC(C1=NN=C(Br)C1)c1cccc(C(F)(F)F)c1. The van der Waals surface area contributed by atoms with Crippen LogP contribution in [-0.2, 0) is 6.18 Å². The van der Waals surface area contributed by atoms with Crippen LogP contribution >= 0.6 is 15.9 Å². The summed E-state index contributed by atoms with van der Waals surface area (Å²) in [5.41, 5.74) is 0.684. The fourth-order valence-electron chi connectivity index (χ4n) is 2.45. The van der Waals surface area contributed by atoms with Crippen LogP contribution in [-0.4, -0.2) is 22.0 Å². The van der Waals surface area contributed by atoms with Crippen LogP contribution in [0, 0.1) is 0 Å². The molecule has 0 bridgehead atoms. The molecule has 120 valence electrons. The molecule has 1 unspecified atom stereocenters. The summed E-state index contributed by atoms with van der Waals surface area (Å²) in [5, 5.41) is 16.9. The first-order chi connectivity index (χ1) is 10.4. The fraction of sp³-hybridized carbons (Fsp3) is 0.467. The summed E-state index contributed by atoms with van der Waals surface area (Å²) in [6.45, 7) is 0.0714. The molecule has 3 nitrogen and oxygen atoms in total. The van der Waals surface area contributed by atoms with Gasteiger partial charge in [-0.05, 0) is 40.4 Å². The van der Waals surface area contributed by atoms with Crippen molar-refractivity contribution in [1.29, 1.82) is 0 Å². The van der Waals surface area contributed by atoms with Gasteiger partial charge < -0.3 is 5.11 Å². The molecule has 0 radical (unpaired) electrons. The maximum atomic E-state index is 12.9. The summed E-state index contributed by atoms with van der Waals surface area (Å²) < 4.78 is 39.3. The Bertz CT molecular complexity index is 584. The molecule has 0 aromatic heterocycles. The van der Waals surface area contributed by atoms with Gasteiger partial charge in [-0.15, -0.1) is 5.10 Å². The summed E-state index contributed by atoms with van der Waals surface area (Å²) in [5.74, 6) is -0.215. The number of alkyl halides is 3. The quantitative estimate of drug-likeness (QED) is 0.729. The van der Waals surface area contributed by atoms with Crippen molar-refractivity contribution in [3.05, 3.63) is 35.4 Å². The van der Waals surface area contributed by atoms with E-state index in [1.807, 2.05) is 0 Å². The summed E-state index contributed by atoms with van der Waals surface area (Å²) >= 11 is 3.26. The number of aliphatic hydroxyl groups excluding tert-OH is 1. The van der Waals surface area contributed by atoms with E-state index in [1.54, 1.807) is 6.07 Å². The second-order valence-electron chi connectivity index (χ2n) is 5.14. The third-order valence-electron chi connectivity index (χ3n) is 3.53. The van der Waals surface area contributed by atoms with Gasteiger partial charge in [0.1, 0.15) is 4.62 Å². The minimum absolute atomic E-state index is 0.0714. The molecule has 1 N–H and O–H groups in total. The van der Waals surface area contributed by atoms with Crippen molar-refractivity contribution in [1.82, 2.24) is 0 Å². The molecule has 0 spiro atoms. The molecule has 1 aromatic carbocycles. The molecule has 7 heteroatoms. The van der Waals surface area contributed by atoms with E-state index < -0.39 is 11.7 Å². The molecule has 22 heavy (non-hydrogen) atoms. The Morgan fingerprint density at radius 1 is 1.23 bits per heavy atom.